The summed E-state index contributed by atoms with van der Waals surface area (Å²) < 4.78 is 7.91. The summed E-state index contributed by atoms with van der Waals surface area (Å²) in [5, 5.41) is 0.650. The van der Waals surface area contributed by atoms with Crippen LogP contribution in [0.5, 0.6) is 5.75 Å². The molecule has 1 N–H and O–H groups in total. The van der Waals surface area contributed by atoms with E-state index in [4.69, 9.17) is 28.6 Å². The SMILES string of the molecule is COc1ccccc1-n1c(=S)[nH]c2c(Cl)cccc21. The molecular formula is C14H11ClN2OS. The lowest BCUT2D eigenvalue weighted by atomic mass is 10.2. The third kappa shape index (κ3) is 1.93. The molecule has 0 aliphatic heterocycles. The molecule has 5 heteroatoms. The van der Waals surface area contributed by atoms with Crippen LogP contribution in [-0.4, -0.2) is 16.7 Å². The zero-order valence-electron chi connectivity index (χ0n) is 10.2. The second-order valence-corrected chi connectivity index (χ2v) is 4.87. The van der Waals surface area contributed by atoms with E-state index in [-0.39, 0.29) is 0 Å². The highest BCUT2D eigenvalue weighted by molar-refractivity contribution is 7.71. The van der Waals surface area contributed by atoms with Crippen molar-refractivity contribution in [1.29, 1.82) is 0 Å². The van der Waals surface area contributed by atoms with Gasteiger partial charge in [-0.2, -0.15) is 0 Å². The van der Waals surface area contributed by atoms with Gasteiger partial charge in [0.05, 0.1) is 28.9 Å². The number of hydrogen-bond donors (Lipinski definition) is 1. The molecule has 0 spiro atoms. The molecule has 0 bridgehead atoms. The number of H-pyrrole nitrogens is 1. The summed E-state index contributed by atoms with van der Waals surface area (Å²) in [6, 6.07) is 13.4. The summed E-state index contributed by atoms with van der Waals surface area (Å²) in [5.74, 6) is 0.763. The number of benzene rings is 2. The molecule has 3 rings (SSSR count). The number of hydrogen-bond acceptors (Lipinski definition) is 2. The van der Waals surface area contributed by atoms with Crippen LogP contribution in [0.1, 0.15) is 0 Å². The number of nitrogens with one attached hydrogen (secondary N) is 1. The van der Waals surface area contributed by atoms with E-state index < -0.39 is 0 Å². The van der Waals surface area contributed by atoms with E-state index in [2.05, 4.69) is 4.98 Å². The zero-order chi connectivity index (χ0) is 13.4. The van der Waals surface area contributed by atoms with Gasteiger partial charge in [0.15, 0.2) is 4.77 Å². The fraction of sp³-hybridized carbons (Fsp3) is 0.0714. The van der Waals surface area contributed by atoms with E-state index in [1.165, 1.54) is 0 Å². The number of ether oxygens (including phenoxy) is 1. The largest absolute Gasteiger partial charge is 0.495 e. The molecule has 0 fully saturated rings. The molecule has 0 amide bonds. The highest BCUT2D eigenvalue weighted by atomic mass is 35.5. The Morgan fingerprint density at radius 1 is 1.16 bits per heavy atom. The number of halogens is 1. The van der Waals surface area contributed by atoms with Gasteiger partial charge in [-0.3, -0.25) is 4.57 Å². The first-order chi connectivity index (χ1) is 9.22. The van der Waals surface area contributed by atoms with Crippen LogP contribution in [-0.2, 0) is 0 Å². The minimum absolute atomic E-state index is 0.590. The molecule has 96 valence electrons. The lowest BCUT2D eigenvalue weighted by molar-refractivity contribution is 0.413. The molecule has 19 heavy (non-hydrogen) atoms. The van der Waals surface area contributed by atoms with Gasteiger partial charge in [0.25, 0.3) is 0 Å². The Hall–Kier alpha value is -1.78. The summed E-state index contributed by atoms with van der Waals surface area (Å²) in [6.45, 7) is 0. The topological polar surface area (TPSA) is 29.9 Å². The Balaban J connectivity index is 2.40. The Labute approximate surface area is 120 Å². The van der Waals surface area contributed by atoms with Crippen molar-refractivity contribution in [3.05, 3.63) is 52.3 Å². The van der Waals surface area contributed by atoms with Crippen molar-refractivity contribution in [2.45, 2.75) is 0 Å². The highest BCUT2D eigenvalue weighted by Crippen LogP contribution is 2.29. The van der Waals surface area contributed by atoms with Gasteiger partial charge in [0, 0.05) is 0 Å². The van der Waals surface area contributed by atoms with Crippen LogP contribution < -0.4 is 4.74 Å². The van der Waals surface area contributed by atoms with E-state index in [0.717, 1.165) is 22.5 Å². The minimum Gasteiger partial charge on any atom is -0.495 e. The average molecular weight is 291 g/mol. The van der Waals surface area contributed by atoms with E-state index in [1.54, 1.807) is 7.11 Å². The van der Waals surface area contributed by atoms with Crippen molar-refractivity contribution in [1.82, 2.24) is 9.55 Å². The molecule has 0 aliphatic rings. The van der Waals surface area contributed by atoms with Gasteiger partial charge in [0.1, 0.15) is 5.75 Å². The first-order valence-electron chi connectivity index (χ1n) is 5.75. The fourth-order valence-electron chi connectivity index (χ4n) is 2.15. The van der Waals surface area contributed by atoms with E-state index in [1.807, 2.05) is 47.0 Å². The van der Waals surface area contributed by atoms with E-state index >= 15 is 0 Å². The standard InChI is InChI=1S/C14H11ClN2OS/c1-18-12-8-3-2-6-10(12)17-11-7-4-5-9(15)13(11)16-14(17)19/h2-8H,1H3,(H,16,19). The number of aromatic amines is 1. The molecule has 0 radical (unpaired) electrons. The molecule has 0 unspecified atom stereocenters. The Kier molecular flexibility index (Phi) is 3.05. The summed E-state index contributed by atoms with van der Waals surface area (Å²) in [7, 11) is 1.64. The summed E-state index contributed by atoms with van der Waals surface area (Å²) in [4.78, 5) is 3.14. The lowest BCUT2D eigenvalue weighted by Crippen LogP contribution is -1.97. The maximum Gasteiger partial charge on any atom is 0.182 e. The number of nitrogens with zero attached hydrogens (tertiary/aromatic N) is 1. The minimum atomic E-state index is 0.590. The molecule has 3 nitrogen and oxygen atoms in total. The van der Waals surface area contributed by atoms with Crippen molar-refractivity contribution >= 4 is 34.9 Å². The fourth-order valence-corrected chi connectivity index (χ4v) is 2.66. The van der Waals surface area contributed by atoms with Gasteiger partial charge >= 0.3 is 0 Å². The molecule has 3 aromatic rings. The quantitative estimate of drug-likeness (QED) is 0.711. The first kappa shape index (κ1) is 12.3. The molecule has 0 saturated carbocycles. The molecule has 1 aromatic heterocycles. The van der Waals surface area contributed by atoms with Crippen LogP contribution in [0.4, 0.5) is 0 Å². The second kappa shape index (κ2) is 4.72. The Morgan fingerprint density at radius 2 is 1.95 bits per heavy atom. The normalized spacial score (nSPS) is 10.8. The molecule has 0 aliphatic carbocycles. The predicted octanol–water partition coefficient (Wildman–Crippen LogP) is 4.35. The lowest BCUT2D eigenvalue weighted by Gasteiger charge is -2.09. The number of aromatic nitrogens is 2. The number of imidazole rings is 1. The molecule has 2 aromatic carbocycles. The van der Waals surface area contributed by atoms with Crippen molar-refractivity contribution in [2.24, 2.45) is 0 Å². The summed E-state index contributed by atoms with van der Waals surface area (Å²) in [6.07, 6.45) is 0. The third-order valence-corrected chi connectivity index (χ3v) is 3.59. The summed E-state index contributed by atoms with van der Waals surface area (Å²) in [5.41, 5.74) is 2.66. The highest BCUT2D eigenvalue weighted by Gasteiger charge is 2.11. The van der Waals surface area contributed by atoms with Crippen LogP contribution in [0, 0.1) is 4.77 Å². The van der Waals surface area contributed by atoms with Gasteiger partial charge in [0.2, 0.25) is 0 Å². The first-order valence-corrected chi connectivity index (χ1v) is 6.53. The molecule has 0 atom stereocenters. The monoisotopic (exact) mass is 290 g/mol. The van der Waals surface area contributed by atoms with Crippen LogP contribution in [0.2, 0.25) is 5.02 Å². The van der Waals surface area contributed by atoms with Gasteiger partial charge in [-0.1, -0.05) is 29.8 Å². The average Bonchev–Trinajstić information content (AvgIpc) is 2.76. The Bertz CT molecular complexity index is 807. The van der Waals surface area contributed by atoms with E-state index in [9.17, 15) is 0 Å². The number of methoxy groups -OCH3 is 1. The van der Waals surface area contributed by atoms with Crippen molar-refractivity contribution in [3.8, 4) is 11.4 Å². The van der Waals surface area contributed by atoms with Crippen LogP contribution in [0.25, 0.3) is 16.7 Å². The smallest absolute Gasteiger partial charge is 0.182 e. The molecule has 1 heterocycles. The van der Waals surface area contributed by atoms with Crippen LogP contribution in [0.15, 0.2) is 42.5 Å². The number of para-hydroxylation sites is 3. The van der Waals surface area contributed by atoms with Gasteiger partial charge in [-0.25, -0.2) is 0 Å². The van der Waals surface area contributed by atoms with Crippen molar-refractivity contribution < 1.29 is 4.74 Å². The Morgan fingerprint density at radius 3 is 2.74 bits per heavy atom. The maximum absolute atomic E-state index is 6.18. The van der Waals surface area contributed by atoms with Crippen molar-refractivity contribution in [2.75, 3.05) is 7.11 Å². The zero-order valence-corrected chi connectivity index (χ0v) is 11.8. The van der Waals surface area contributed by atoms with Gasteiger partial charge < -0.3 is 9.72 Å². The van der Waals surface area contributed by atoms with Crippen molar-refractivity contribution in [3.63, 3.8) is 0 Å². The van der Waals surface area contributed by atoms with Gasteiger partial charge in [-0.15, -0.1) is 0 Å². The number of fused-ring (bicyclic) bond motifs is 1. The van der Waals surface area contributed by atoms with E-state index in [0.29, 0.717) is 9.79 Å². The number of rotatable bonds is 2. The van der Waals surface area contributed by atoms with Gasteiger partial charge in [-0.05, 0) is 36.5 Å². The molecular weight excluding hydrogens is 280 g/mol. The summed E-state index contributed by atoms with van der Waals surface area (Å²) >= 11 is 11.6. The van der Waals surface area contributed by atoms with Crippen LogP contribution in [0.3, 0.4) is 0 Å². The molecule has 0 saturated heterocycles. The maximum atomic E-state index is 6.18. The second-order valence-electron chi connectivity index (χ2n) is 4.07. The van der Waals surface area contributed by atoms with Crippen LogP contribution >= 0.6 is 23.8 Å². The predicted molar refractivity (Wildman–Crippen MR) is 80.0 cm³/mol. The third-order valence-electron chi connectivity index (χ3n) is 2.99.